The van der Waals surface area contributed by atoms with Gasteiger partial charge in [-0.05, 0) is 37.2 Å². The second kappa shape index (κ2) is 11.3. The minimum Gasteiger partial charge on any atom is -0.478 e. The first-order valence-electron chi connectivity index (χ1n) is 10.2. The van der Waals surface area contributed by atoms with Crippen molar-refractivity contribution in [2.75, 3.05) is 31.1 Å². The Balaban J connectivity index is 0.000000331. The van der Waals surface area contributed by atoms with E-state index in [1.165, 1.54) is 0 Å². The van der Waals surface area contributed by atoms with Crippen molar-refractivity contribution in [1.29, 1.82) is 0 Å². The van der Waals surface area contributed by atoms with Gasteiger partial charge in [0.05, 0.1) is 21.7 Å². The van der Waals surface area contributed by atoms with Gasteiger partial charge in [-0.3, -0.25) is 9.36 Å². The number of nitrogens with one attached hydrogen (secondary N) is 1. The lowest BCUT2D eigenvalue weighted by Gasteiger charge is -2.22. The molecule has 3 aromatic rings. The van der Waals surface area contributed by atoms with E-state index in [1.54, 1.807) is 10.6 Å². The Morgan fingerprint density at radius 2 is 1.64 bits per heavy atom. The van der Waals surface area contributed by atoms with Gasteiger partial charge in [-0.1, -0.05) is 35.9 Å². The molecule has 0 aliphatic carbocycles. The Kier molecular flexibility index (Phi) is 8.17. The highest BCUT2D eigenvalue weighted by Crippen LogP contribution is 2.24. The number of aromatic nitrogens is 2. The summed E-state index contributed by atoms with van der Waals surface area (Å²) in [6.07, 6.45) is 2.10. The standard InChI is InChI=1S/C19H19ClN4O.C4H4O4/c20-14-6-1-3-8-16(14)24-17-9-4-2-7-15(17)22-18(19(24)25)23-12-5-10-21-11-13-23;5-3(6)1-2-4(7)8/h1-4,6-9,21H,5,10-13H2;1-2H,(H,5,6)(H,7,8)/b;2-1-. The molecule has 4 rings (SSSR count). The number of para-hydroxylation sites is 3. The van der Waals surface area contributed by atoms with Gasteiger partial charge in [0.2, 0.25) is 0 Å². The van der Waals surface area contributed by atoms with E-state index >= 15 is 0 Å². The summed E-state index contributed by atoms with van der Waals surface area (Å²) in [4.78, 5) is 39.2. The van der Waals surface area contributed by atoms with Crippen LogP contribution in [0.4, 0.5) is 5.82 Å². The average Bonchev–Trinajstić information content (AvgIpc) is 3.08. The molecule has 1 aliphatic rings. The molecule has 2 heterocycles. The molecule has 172 valence electrons. The molecule has 2 aromatic carbocycles. The summed E-state index contributed by atoms with van der Waals surface area (Å²) in [6, 6.07) is 15.1. The molecule has 0 atom stereocenters. The number of carboxylic acids is 2. The third-order valence-electron chi connectivity index (χ3n) is 4.84. The van der Waals surface area contributed by atoms with E-state index < -0.39 is 11.9 Å². The Morgan fingerprint density at radius 1 is 0.970 bits per heavy atom. The molecule has 0 saturated carbocycles. The highest BCUT2D eigenvalue weighted by Gasteiger charge is 2.19. The molecular formula is C23H23ClN4O5. The topological polar surface area (TPSA) is 125 Å². The van der Waals surface area contributed by atoms with Crippen molar-refractivity contribution in [3.63, 3.8) is 0 Å². The fourth-order valence-electron chi connectivity index (χ4n) is 3.40. The predicted molar refractivity (Wildman–Crippen MR) is 126 cm³/mol. The second-order valence-corrected chi connectivity index (χ2v) is 7.52. The molecule has 10 heteroatoms. The fourth-order valence-corrected chi connectivity index (χ4v) is 3.62. The molecule has 0 unspecified atom stereocenters. The van der Waals surface area contributed by atoms with E-state index in [0.717, 1.165) is 43.6 Å². The van der Waals surface area contributed by atoms with Gasteiger partial charge in [-0.2, -0.15) is 0 Å². The maximum atomic E-state index is 13.3. The maximum absolute atomic E-state index is 13.3. The van der Waals surface area contributed by atoms with Gasteiger partial charge in [0.25, 0.3) is 5.56 Å². The number of carboxylic acid groups (broad SMARTS) is 2. The molecular weight excluding hydrogens is 448 g/mol. The summed E-state index contributed by atoms with van der Waals surface area (Å²) < 4.78 is 1.68. The van der Waals surface area contributed by atoms with Crippen LogP contribution in [0.2, 0.25) is 5.02 Å². The van der Waals surface area contributed by atoms with Crippen LogP contribution in [0, 0.1) is 0 Å². The van der Waals surface area contributed by atoms with E-state index in [2.05, 4.69) is 15.2 Å². The van der Waals surface area contributed by atoms with Crippen molar-refractivity contribution >= 4 is 40.4 Å². The summed E-state index contributed by atoms with van der Waals surface area (Å²) >= 11 is 6.39. The van der Waals surface area contributed by atoms with Crippen LogP contribution in [0.25, 0.3) is 16.7 Å². The van der Waals surface area contributed by atoms with Crippen LogP contribution in [-0.2, 0) is 9.59 Å². The van der Waals surface area contributed by atoms with Gasteiger partial charge >= 0.3 is 11.9 Å². The highest BCUT2D eigenvalue weighted by atomic mass is 35.5. The van der Waals surface area contributed by atoms with Crippen molar-refractivity contribution in [1.82, 2.24) is 14.9 Å². The predicted octanol–water partition coefficient (Wildman–Crippen LogP) is 2.55. The number of hydrogen-bond acceptors (Lipinski definition) is 6. The quantitative estimate of drug-likeness (QED) is 0.497. The summed E-state index contributed by atoms with van der Waals surface area (Å²) in [6.45, 7) is 3.39. The number of hydrogen-bond donors (Lipinski definition) is 3. The molecule has 1 fully saturated rings. The smallest absolute Gasteiger partial charge is 0.328 e. The first-order chi connectivity index (χ1) is 15.9. The molecule has 33 heavy (non-hydrogen) atoms. The lowest BCUT2D eigenvalue weighted by atomic mass is 10.2. The van der Waals surface area contributed by atoms with E-state index in [-0.39, 0.29) is 5.56 Å². The zero-order valence-electron chi connectivity index (χ0n) is 17.6. The van der Waals surface area contributed by atoms with Crippen molar-refractivity contribution < 1.29 is 19.8 Å². The molecule has 0 bridgehead atoms. The number of nitrogens with zero attached hydrogens (tertiary/aromatic N) is 3. The van der Waals surface area contributed by atoms with Gasteiger partial charge in [-0.25, -0.2) is 14.6 Å². The summed E-state index contributed by atoms with van der Waals surface area (Å²) in [7, 11) is 0. The summed E-state index contributed by atoms with van der Waals surface area (Å²) in [5.74, 6) is -2.03. The number of fused-ring (bicyclic) bond motifs is 1. The largest absolute Gasteiger partial charge is 0.478 e. The van der Waals surface area contributed by atoms with Crippen molar-refractivity contribution in [3.05, 3.63) is 76.1 Å². The van der Waals surface area contributed by atoms with Crippen molar-refractivity contribution in [2.24, 2.45) is 0 Å². The zero-order chi connectivity index (χ0) is 23.8. The maximum Gasteiger partial charge on any atom is 0.328 e. The number of aliphatic carboxylic acids is 2. The lowest BCUT2D eigenvalue weighted by Crippen LogP contribution is -2.35. The molecule has 1 aliphatic heterocycles. The fraction of sp³-hybridized carbons (Fsp3) is 0.217. The van der Waals surface area contributed by atoms with Gasteiger partial charge in [0, 0.05) is 31.8 Å². The number of halogens is 1. The van der Waals surface area contributed by atoms with Crippen LogP contribution in [0.15, 0.2) is 65.5 Å². The molecule has 3 N–H and O–H groups in total. The van der Waals surface area contributed by atoms with Crippen LogP contribution in [0.5, 0.6) is 0 Å². The normalized spacial score (nSPS) is 13.9. The third kappa shape index (κ3) is 6.18. The SMILES string of the molecule is O=C(O)/C=C\C(=O)O.O=c1c(N2CCCNCC2)nc2ccccc2n1-c1ccccc1Cl. The molecule has 0 radical (unpaired) electrons. The first-order valence-corrected chi connectivity index (χ1v) is 10.6. The Labute approximate surface area is 194 Å². The first kappa shape index (κ1) is 24.0. The number of benzene rings is 2. The second-order valence-electron chi connectivity index (χ2n) is 7.12. The van der Waals surface area contributed by atoms with Gasteiger partial charge in [0.15, 0.2) is 5.82 Å². The minimum atomic E-state index is -1.26. The number of carbonyl (C=O) groups is 2. The van der Waals surface area contributed by atoms with Crippen molar-refractivity contribution in [2.45, 2.75) is 6.42 Å². The van der Waals surface area contributed by atoms with Crippen LogP contribution < -0.4 is 15.8 Å². The third-order valence-corrected chi connectivity index (χ3v) is 5.16. The van der Waals surface area contributed by atoms with E-state index in [9.17, 15) is 14.4 Å². The highest BCUT2D eigenvalue weighted by molar-refractivity contribution is 6.32. The van der Waals surface area contributed by atoms with Crippen LogP contribution in [0.1, 0.15) is 6.42 Å². The Hall–Kier alpha value is -3.69. The summed E-state index contributed by atoms with van der Waals surface area (Å²) in [5.41, 5.74) is 2.10. The molecule has 9 nitrogen and oxygen atoms in total. The molecule has 0 spiro atoms. The average molecular weight is 471 g/mol. The van der Waals surface area contributed by atoms with Crippen LogP contribution in [-0.4, -0.2) is 57.9 Å². The lowest BCUT2D eigenvalue weighted by molar-refractivity contribution is -0.134. The van der Waals surface area contributed by atoms with Gasteiger partial charge < -0.3 is 20.4 Å². The Morgan fingerprint density at radius 3 is 2.33 bits per heavy atom. The summed E-state index contributed by atoms with van der Waals surface area (Å²) in [5, 5.41) is 19.5. The minimum absolute atomic E-state index is 0.131. The Bertz CT molecular complexity index is 1220. The number of rotatable bonds is 4. The van der Waals surface area contributed by atoms with Crippen LogP contribution >= 0.6 is 11.6 Å². The van der Waals surface area contributed by atoms with Crippen molar-refractivity contribution in [3.8, 4) is 5.69 Å². The molecule has 1 saturated heterocycles. The number of anilines is 1. The van der Waals surface area contributed by atoms with E-state index in [4.69, 9.17) is 21.8 Å². The van der Waals surface area contributed by atoms with Crippen LogP contribution in [0.3, 0.4) is 0 Å². The molecule has 1 aromatic heterocycles. The van der Waals surface area contributed by atoms with E-state index in [1.807, 2.05) is 42.5 Å². The zero-order valence-corrected chi connectivity index (χ0v) is 18.4. The van der Waals surface area contributed by atoms with Gasteiger partial charge in [0.1, 0.15) is 0 Å². The molecule has 0 amide bonds. The van der Waals surface area contributed by atoms with E-state index in [0.29, 0.717) is 28.7 Å². The monoisotopic (exact) mass is 470 g/mol. The van der Waals surface area contributed by atoms with Gasteiger partial charge in [-0.15, -0.1) is 0 Å².